The van der Waals surface area contributed by atoms with E-state index in [1.807, 2.05) is 65.9 Å². The Morgan fingerprint density at radius 3 is 2.73 bits per heavy atom. The molecule has 11 heteroatoms. The molecular formula is C30H32BrN7O3. The topological polar surface area (TPSA) is 111 Å². The molecule has 0 radical (unpaired) electrons. The van der Waals surface area contributed by atoms with Crippen molar-refractivity contribution in [3.63, 3.8) is 0 Å². The Hall–Kier alpha value is -3.83. The van der Waals surface area contributed by atoms with Gasteiger partial charge in [0, 0.05) is 27.2 Å². The smallest absolute Gasteiger partial charge is 0.261 e. The minimum atomic E-state index is -0.177. The van der Waals surface area contributed by atoms with Gasteiger partial charge >= 0.3 is 0 Å². The molecule has 212 valence electrons. The van der Waals surface area contributed by atoms with Gasteiger partial charge in [-0.3, -0.25) is 14.2 Å². The number of fused-ring (bicyclic) bond motifs is 4. The first kappa shape index (κ1) is 27.3. The summed E-state index contributed by atoms with van der Waals surface area (Å²) in [4.78, 5) is 29.8. The fraction of sp³-hybridized carbons (Fsp3) is 0.367. The van der Waals surface area contributed by atoms with Gasteiger partial charge in [-0.15, -0.1) is 5.10 Å². The molecule has 5 aromatic rings. The van der Waals surface area contributed by atoms with E-state index in [1.54, 1.807) is 9.25 Å². The highest BCUT2D eigenvalue weighted by molar-refractivity contribution is 9.10. The number of nitrogens with zero attached hydrogens (tertiary/aromatic N) is 7. The molecule has 0 fully saturated rings. The molecule has 0 spiro atoms. The Labute approximate surface area is 245 Å². The van der Waals surface area contributed by atoms with Crippen LogP contribution in [0, 0.1) is 12.8 Å². The first-order chi connectivity index (χ1) is 19.7. The normalized spacial score (nSPS) is 15.3. The van der Waals surface area contributed by atoms with Gasteiger partial charge in [0.15, 0.2) is 0 Å². The number of carbonyl (C=O) groups is 1. The number of aryl methyl sites for hydroxylation is 1. The second-order valence-electron chi connectivity index (χ2n) is 11.2. The zero-order chi connectivity index (χ0) is 29.0. The number of rotatable bonds is 6. The highest BCUT2D eigenvalue weighted by atomic mass is 79.9. The van der Waals surface area contributed by atoms with Crippen LogP contribution in [0.2, 0.25) is 0 Å². The van der Waals surface area contributed by atoms with Crippen LogP contribution in [0.5, 0.6) is 0 Å². The van der Waals surface area contributed by atoms with Gasteiger partial charge in [0.05, 0.1) is 42.8 Å². The Kier molecular flexibility index (Phi) is 7.03. The SMILES string of the molecule is Cc1cc(C(=O)N2Cc3c(c(=O)n(-c4ccc5c(c4)nnn5CCO)c4c(CC(C)C)cnn34)CC2C)ccc1Br. The van der Waals surface area contributed by atoms with E-state index in [0.29, 0.717) is 46.9 Å². The number of benzene rings is 2. The molecule has 6 rings (SSSR count). The van der Waals surface area contributed by atoms with Crippen molar-refractivity contribution in [2.45, 2.75) is 59.7 Å². The van der Waals surface area contributed by atoms with Crippen LogP contribution in [0.25, 0.3) is 22.4 Å². The maximum atomic E-state index is 14.3. The first-order valence-electron chi connectivity index (χ1n) is 13.8. The first-order valence-corrected chi connectivity index (χ1v) is 14.6. The predicted molar refractivity (Wildman–Crippen MR) is 159 cm³/mol. The second kappa shape index (κ2) is 10.5. The molecule has 0 aliphatic carbocycles. The third kappa shape index (κ3) is 4.66. The molecule has 3 aromatic heterocycles. The van der Waals surface area contributed by atoms with Crippen molar-refractivity contribution < 1.29 is 9.90 Å². The van der Waals surface area contributed by atoms with Crippen LogP contribution in [0.15, 0.2) is 51.9 Å². The summed E-state index contributed by atoms with van der Waals surface area (Å²) in [6.07, 6.45) is 3.00. The number of amides is 1. The van der Waals surface area contributed by atoms with Crippen molar-refractivity contribution in [3.05, 3.63) is 85.4 Å². The fourth-order valence-electron chi connectivity index (χ4n) is 5.78. The summed E-state index contributed by atoms with van der Waals surface area (Å²) >= 11 is 3.52. The van der Waals surface area contributed by atoms with Crippen LogP contribution in [0.4, 0.5) is 0 Å². The highest BCUT2D eigenvalue weighted by Crippen LogP contribution is 2.28. The van der Waals surface area contributed by atoms with Gasteiger partial charge in [0.2, 0.25) is 0 Å². The van der Waals surface area contributed by atoms with Gasteiger partial charge in [0.1, 0.15) is 11.2 Å². The lowest BCUT2D eigenvalue weighted by Gasteiger charge is -2.35. The molecule has 10 nitrogen and oxygen atoms in total. The van der Waals surface area contributed by atoms with Gasteiger partial charge in [-0.05, 0) is 74.6 Å². The van der Waals surface area contributed by atoms with E-state index in [2.05, 4.69) is 40.1 Å². The molecule has 0 saturated heterocycles. The zero-order valence-corrected chi connectivity index (χ0v) is 25.1. The van der Waals surface area contributed by atoms with Crippen molar-refractivity contribution >= 4 is 38.5 Å². The molecule has 1 amide bonds. The van der Waals surface area contributed by atoms with Gasteiger partial charge in [0.25, 0.3) is 11.5 Å². The number of aromatic nitrogens is 6. The number of aliphatic hydroxyl groups excluding tert-OH is 1. The van der Waals surface area contributed by atoms with E-state index >= 15 is 0 Å². The van der Waals surface area contributed by atoms with Crippen LogP contribution in [-0.2, 0) is 25.9 Å². The van der Waals surface area contributed by atoms with Crippen molar-refractivity contribution in [1.29, 1.82) is 0 Å². The van der Waals surface area contributed by atoms with Gasteiger partial charge in [-0.2, -0.15) is 5.10 Å². The largest absolute Gasteiger partial charge is 0.394 e. The predicted octanol–water partition coefficient (Wildman–Crippen LogP) is 4.08. The molecule has 1 unspecified atom stereocenters. The minimum absolute atomic E-state index is 0.0430. The monoisotopic (exact) mass is 617 g/mol. The molecular weight excluding hydrogens is 586 g/mol. The van der Waals surface area contributed by atoms with Crippen molar-refractivity contribution in [1.82, 2.24) is 34.1 Å². The Morgan fingerprint density at radius 1 is 1.20 bits per heavy atom. The summed E-state index contributed by atoms with van der Waals surface area (Å²) in [6.45, 7) is 8.81. The number of halogens is 1. The Balaban J connectivity index is 1.51. The lowest BCUT2D eigenvalue weighted by molar-refractivity contribution is 0.0651. The molecule has 2 aromatic carbocycles. The van der Waals surface area contributed by atoms with E-state index in [0.717, 1.165) is 33.2 Å². The number of carbonyl (C=O) groups excluding carboxylic acids is 1. The Morgan fingerprint density at radius 2 is 2.00 bits per heavy atom. The van der Waals surface area contributed by atoms with Gasteiger partial charge in [-0.1, -0.05) is 35.0 Å². The molecule has 1 N–H and O–H groups in total. The standard InChI is InChI=1S/C30H32BrN7O3/c1-17(2)11-21-15-32-38-27-16-35(29(40)20-5-7-24(31)18(3)12-20)19(4)13-23(27)30(41)37(28(21)38)22-6-8-26-25(14-22)33-34-36(26)9-10-39/h5-8,12,14-15,17,19,39H,9-11,13,16H2,1-4H3. The van der Waals surface area contributed by atoms with E-state index in [1.165, 1.54) is 0 Å². The molecule has 1 atom stereocenters. The lowest BCUT2D eigenvalue weighted by Crippen LogP contribution is -2.46. The molecule has 0 bridgehead atoms. The molecule has 1 aliphatic heterocycles. The van der Waals surface area contributed by atoms with Crippen molar-refractivity contribution in [3.8, 4) is 5.69 Å². The number of aliphatic hydroxyl groups is 1. The Bertz CT molecular complexity index is 1870. The zero-order valence-electron chi connectivity index (χ0n) is 23.5. The van der Waals surface area contributed by atoms with Crippen molar-refractivity contribution in [2.24, 2.45) is 5.92 Å². The number of hydrogen-bond donors (Lipinski definition) is 1. The molecule has 0 saturated carbocycles. The number of hydrogen-bond acceptors (Lipinski definition) is 6. The third-order valence-electron chi connectivity index (χ3n) is 7.81. The summed E-state index contributed by atoms with van der Waals surface area (Å²) in [7, 11) is 0. The fourth-order valence-corrected chi connectivity index (χ4v) is 6.03. The molecule has 1 aliphatic rings. The van der Waals surface area contributed by atoms with E-state index < -0.39 is 0 Å². The van der Waals surface area contributed by atoms with Crippen LogP contribution >= 0.6 is 15.9 Å². The highest BCUT2D eigenvalue weighted by Gasteiger charge is 2.33. The average Bonchev–Trinajstić information content (AvgIpc) is 3.54. The van der Waals surface area contributed by atoms with Crippen molar-refractivity contribution in [2.75, 3.05) is 6.61 Å². The summed E-state index contributed by atoms with van der Waals surface area (Å²) in [5.41, 5.74) is 6.65. The van der Waals surface area contributed by atoms with E-state index in [4.69, 9.17) is 5.10 Å². The maximum absolute atomic E-state index is 14.3. The van der Waals surface area contributed by atoms with E-state index in [9.17, 15) is 14.7 Å². The summed E-state index contributed by atoms with van der Waals surface area (Å²) in [6, 6.07) is 11.1. The van der Waals surface area contributed by atoms with Crippen LogP contribution in [0.1, 0.15) is 53.5 Å². The minimum Gasteiger partial charge on any atom is -0.394 e. The van der Waals surface area contributed by atoms with Crippen LogP contribution < -0.4 is 5.56 Å². The average molecular weight is 619 g/mol. The second-order valence-corrected chi connectivity index (χ2v) is 12.1. The van der Waals surface area contributed by atoms with Gasteiger partial charge in [-0.25, -0.2) is 9.20 Å². The van der Waals surface area contributed by atoms with E-state index in [-0.39, 0.29) is 30.7 Å². The van der Waals surface area contributed by atoms with Gasteiger partial charge < -0.3 is 10.0 Å². The maximum Gasteiger partial charge on any atom is 0.261 e. The third-order valence-corrected chi connectivity index (χ3v) is 8.70. The van der Waals surface area contributed by atoms with Crippen LogP contribution in [-0.4, -0.2) is 57.7 Å². The summed E-state index contributed by atoms with van der Waals surface area (Å²) in [5, 5.41) is 22.6. The quantitative estimate of drug-likeness (QED) is 0.307. The molecule has 41 heavy (non-hydrogen) atoms. The lowest BCUT2D eigenvalue weighted by atomic mass is 9.97. The molecule has 4 heterocycles. The summed E-state index contributed by atoms with van der Waals surface area (Å²) < 4.78 is 6.18. The summed E-state index contributed by atoms with van der Waals surface area (Å²) in [5.74, 6) is 0.282. The van der Waals surface area contributed by atoms with Crippen LogP contribution in [0.3, 0.4) is 0 Å².